The third-order valence-electron chi connectivity index (χ3n) is 7.08. The van der Waals surface area contributed by atoms with Crippen molar-refractivity contribution < 1.29 is 0 Å². The maximum absolute atomic E-state index is 6.08. The molecule has 1 aliphatic rings. The monoisotopic (exact) mass is 455 g/mol. The summed E-state index contributed by atoms with van der Waals surface area (Å²) in [7, 11) is -4.33. The molecule has 1 nitrogen and oxygen atoms in total. The molecule has 0 heterocycles. The molecule has 0 bridgehead atoms. The highest BCUT2D eigenvalue weighted by atomic mass is 31.8. The van der Waals surface area contributed by atoms with Crippen LogP contribution in [-0.4, -0.2) is 23.2 Å². The molecule has 0 atom stereocenters. The fourth-order valence-electron chi connectivity index (χ4n) is 5.88. The summed E-state index contributed by atoms with van der Waals surface area (Å²) in [4.78, 5) is 0. The number of allylic oxidation sites excluding steroid dienone is 3. The van der Waals surface area contributed by atoms with E-state index in [2.05, 4.69) is 78.3 Å². The lowest BCUT2D eigenvalue weighted by molar-refractivity contribution is 0.868. The summed E-state index contributed by atoms with van der Waals surface area (Å²) >= 11 is 0. The first-order valence-corrected chi connectivity index (χ1v) is 25.9. The van der Waals surface area contributed by atoms with E-state index in [0.29, 0.717) is 0 Å². The highest BCUT2D eigenvalue weighted by molar-refractivity contribution is 8.42. The molecule has 0 saturated heterocycles. The molecule has 164 valence electrons. The van der Waals surface area contributed by atoms with Gasteiger partial charge in [0.1, 0.15) is 0 Å². The average molecular weight is 456 g/mol. The zero-order valence-electron chi connectivity index (χ0n) is 20.7. The van der Waals surface area contributed by atoms with Gasteiger partial charge in [-0.05, 0) is 6.08 Å². The van der Waals surface area contributed by atoms with Crippen molar-refractivity contribution in [3.05, 3.63) is 23.9 Å². The van der Waals surface area contributed by atoms with Crippen LogP contribution in [0.4, 0.5) is 0 Å². The molecule has 1 rings (SSSR count). The van der Waals surface area contributed by atoms with E-state index in [-0.39, 0.29) is 0 Å². The van der Waals surface area contributed by atoms with Crippen LogP contribution in [0.25, 0.3) is 0 Å². The molecule has 0 spiro atoms. The smallest absolute Gasteiger partial charge is 0.0873 e. The summed E-state index contributed by atoms with van der Waals surface area (Å²) in [6, 6.07) is 4.52. The van der Waals surface area contributed by atoms with Crippen molar-refractivity contribution in [2.24, 2.45) is 4.74 Å². The normalized spacial score (nSPS) is 15.8. The first kappa shape index (κ1) is 26.4. The summed E-state index contributed by atoms with van der Waals surface area (Å²) in [5.41, 5.74) is 0.134. The first-order valence-electron chi connectivity index (χ1n) is 12.0. The number of hydrogen-bond donors (Lipinski definition) is 0. The Kier molecular flexibility index (Phi) is 10.5. The quantitative estimate of drug-likeness (QED) is 0.193. The van der Waals surface area contributed by atoms with Gasteiger partial charge in [-0.3, -0.25) is 4.74 Å². The van der Waals surface area contributed by atoms with Crippen molar-refractivity contribution in [2.75, 3.05) is 0 Å². The van der Waals surface area contributed by atoms with Crippen molar-refractivity contribution in [3.63, 3.8) is 0 Å². The lowest BCUT2D eigenvalue weighted by Gasteiger charge is -2.56. The van der Waals surface area contributed by atoms with Gasteiger partial charge in [0.05, 0.1) is 23.2 Å². The van der Waals surface area contributed by atoms with E-state index in [1.807, 2.05) is 0 Å². The van der Waals surface area contributed by atoms with E-state index in [0.717, 1.165) is 6.42 Å². The Morgan fingerprint density at radius 3 is 1.43 bits per heavy atom. The van der Waals surface area contributed by atoms with Crippen LogP contribution < -0.4 is 0 Å². The fraction of sp³-hybridized carbons (Fsp3) is 0.826. The van der Waals surface area contributed by atoms with Gasteiger partial charge in [0.25, 0.3) is 0 Å². The van der Waals surface area contributed by atoms with Crippen LogP contribution in [0, 0.1) is 0 Å². The highest BCUT2D eigenvalue weighted by Gasteiger charge is 2.57. The largest absolute Gasteiger partial charge is 0.283 e. The Morgan fingerprint density at radius 2 is 1.14 bits per heavy atom. The molecule has 1 aliphatic carbocycles. The molecule has 0 radical (unpaired) electrons. The van der Waals surface area contributed by atoms with E-state index in [1.165, 1.54) is 62.4 Å². The summed E-state index contributed by atoms with van der Waals surface area (Å²) in [5.74, 6) is 0. The molecular weight excluding hydrogens is 405 g/mol. The van der Waals surface area contributed by atoms with Crippen LogP contribution in [0.15, 0.2) is 28.7 Å². The molecule has 0 saturated carbocycles. The lowest BCUT2D eigenvalue weighted by Crippen LogP contribution is -2.51. The van der Waals surface area contributed by atoms with Crippen LogP contribution in [0.1, 0.15) is 65.7 Å². The maximum atomic E-state index is 6.08. The summed E-state index contributed by atoms with van der Waals surface area (Å²) in [6.45, 7) is 23.8. The second kappa shape index (κ2) is 11.1. The standard InChI is InChI=1S/C23H50NPSi3/c1-10-13-20-26(4,5)25(24-23-18-16-17-19-23,27(6,7)21-14-11-2)28(8,9)22-15-12-3/h16-18H,10-15,19-22H2,1-9H3. The van der Waals surface area contributed by atoms with Gasteiger partial charge in [0.15, 0.2) is 0 Å². The van der Waals surface area contributed by atoms with E-state index in [4.69, 9.17) is 4.74 Å². The molecule has 5 heteroatoms. The van der Waals surface area contributed by atoms with Gasteiger partial charge in [0, 0.05) is 12.1 Å². The van der Waals surface area contributed by atoms with Crippen molar-refractivity contribution in [1.82, 2.24) is 0 Å². The topological polar surface area (TPSA) is 12.4 Å². The van der Waals surface area contributed by atoms with Gasteiger partial charge in [-0.2, -0.15) is 0 Å². The van der Waals surface area contributed by atoms with Crippen LogP contribution in [0.2, 0.25) is 57.4 Å². The number of rotatable bonds is 13. The Morgan fingerprint density at radius 1 is 0.750 bits per heavy atom. The molecule has 0 aliphatic heterocycles. The fourth-order valence-corrected chi connectivity index (χ4v) is 89.7. The SMILES string of the molecule is CCCC[Si](C)(C)P(=NC1=CC=CC1)([Si](C)(C)CCCC)[Si](C)(C)CCCC. The van der Waals surface area contributed by atoms with Crippen molar-refractivity contribution >= 4 is 28.9 Å². The van der Waals surface area contributed by atoms with Crippen molar-refractivity contribution in [2.45, 2.75) is 123 Å². The van der Waals surface area contributed by atoms with Crippen LogP contribution >= 0.6 is 5.70 Å². The van der Waals surface area contributed by atoms with Gasteiger partial charge in [-0.25, -0.2) is 0 Å². The molecule has 28 heavy (non-hydrogen) atoms. The number of unbranched alkanes of at least 4 members (excludes halogenated alkanes) is 3. The van der Waals surface area contributed by atoms with E-state index in [1.54, 1.807) is 0 Å². The highest BCUT2D eigenvalue weighted by Crippen LogP contribution is 2.75. The number of hydrogen-bond acceptors (Lipinski definition) is 1. The van der Waals surface area contributed by atoms with Crippen molar-refractivity contribution in [1.29, 1.82) is 0 Å². The predicted octanol–water partition coefficient (Wildman–Crippen LogP) is 10.0. The minimum absolute atomic E-state index is 1.09. The van der Waals surface area contributed by atoms with E-state index < -0.39 is 28.9 Å². The van der Waals surface area contributed by atoms with Crippen molar-refractivity contribution in [3.8, 4) is 0 Å². The first-order chi connectivity index (χ1) is 13.0. The molecule has 0 unspecified atom stereocenters. The average Bonchev–Trinajstić information content (AvgIpc) is 3.13. The summed E-state index contributed by atoms with van der Waals surface area (Å²) in [6.07, 6.45) is 16.3. The molecule has 0 fully saturated rings. The van der Waals surface area contributed by atoms with Crippen LogP contribution in [0.3, 0.4) is 0 Å². The van der Waals surface area contributed by atoms with Crippen LogP contribution in [0.5, 0.6) is 0 Å². The molecule has 0 aromatic rings. The molecule has 0 aromatic carbocycles. The zero-order chi connectivity index (χ0) is 21.5. The Hall–Kier alpha value is 0.361. The van der Waals surface area contributed by atoms with Gasteiger partial charge < -0.3 is 0 Å². The van der Waals surface area contributed by atoms with Gasteiger partial charge >= 0.3 is 0 Å². The number of nitrogens with zero attached hydrogens (tertiary/aromatic N) is 1. The molecule has 0 amide bonds. The van der Waals surface area contributed by atoms with Gasteiger partial charge in [-0.1, -0.05) is 135 Å². The van der Waals surface area contributed by atoms with Gasteiger partial charge in [0.2, 0.25) is 0 Å². The zero-order valence-corrected chi connectivity index (χ0v) is 24.6. The molecule has 0 aromatic heterocycles. The Bertz CT molecular complexity index is 546. The third kappa shape index (κ3) is 5.74. The predicted molar refractivity (Wildman–Crippen MR) is 143 cm³/mol. The van der Waals surface area contributed by atoms with Gasteiger partial charge in [-0.15, -0.1) is 0 Å². The minimum Gasteiger partial charge on any atom is -0.283 e. The van der Waals surface area contributed by atoms with E-state index >= 15 is 0 Å². The lowest BCUT2D eigenvalue weighted by atomic mass is 10.4. The van der Waals surface area contributed by atoms with E-state index in [9.17, 15) is 0 Å². The van der Waals surface area contributed by atoms with Crippen LogP contribution in [-0.2, 0) is 0 Å². The maximum Gasteiger partial charge on any atom is 0.0873 e. The Labute approximate surface area is 180 Å². The third-order valence-corrected chi connectivity index (χ3v) is 69.0. The summed E-state index contributed by atoms with van der Waals surface area (Å²) in [5, 5.41) is 0. The second-order valence-corrected chi connectivity index (χ2v) is 45.4. The molecule has 0 N–H and O–H groups in total. The Balaban J connectivity index is 3.75. The summed E-state index contributed by atoms with van der Waals surface area (Å²) < 4.78 is 6.08. The second-order valence-electron chi connectivity index (χ2n) is 10.8. The molecular formula is C23H50NPSi3. The minimum atomic E-state index is -1.44.